The zero-order valence-corrected chi connectivity index (χ0v) is 11.6. The number of aryl methyl sites for hydroxylation is 1. The first-order valence-electron chi connectivity index (χ1n) is 6.91. The number of likely N-dealkylation sites (tertiary alicyclic amines) is 1. The highest BCUT2D eigenvalue weighted by Crippen LogP contribution is 2.21. The minimum Gasteiger partial charge on any atom is -0.313 e. The highest BCUT2D eigenvalue weighted by molar-refractivity contribution is 4.88. The second-order valence-electron chi connectivity index (χ2n) is 5.08. The van der Waals surface area contributed by atoms with Crippen molar-refractivity contribution in [2.24, 2.45) is 7.05 Å². The van der Waals surface area contributed by atoms with Gasteiger partial charge in [0, 0.05) is 12.1 Å². The molecule has 1 aromatic rings. The summed E-state index contributed by atoms with van der Waals surface area (Å²) in [5.41, 5.74) is 0. The first-order valence-corrected chi connectivity index (χ1v) is 6.91. The molecule has 1 saturated heterocycles. The van der Waals surface area contributed by atoms with Crippen molar-refractivity contribution in [2.75, 3.05) is 13.1 Å². The van der Waals surface area contributed by atoms with Gasteiger partial charge in [-0.05, 0) is 38.1 Å². The second kappa shape index (κ2) is 6.24. The Morgan fingerprint density at radius 3 is 2.94 bits per heavy atom. The lowest BCUT2D eigenvalue weighted by atomic mass is 9.96. The van der Waals surface area contributed by atoms with Crippen molar-refractivity contribution in [2.45, 2.75) is 51.7 Å². The van der Waals surface area contributed by atoms with Crippen LogP contribution in [0.5, 0.6) is 0 Å². The van der Waals surface area contributed by atoms with Crippen molar-refractivity contribution in [1.82, 2.24) is 30.4 Å². The lowest BCUT2D eigenvalue weighted by Gasteiger charge is -2.38. The molecule has 1 aliphatic heterocycles. The number of aromatic nitrogens is 4. The van der Waals surface area contributed by atoms with Gasteiger partial charge in [0.1, 0.15) is 0 Å². The minimum atomic E-state index is 0.520. The predicted octanol–water partition coefficient (Wildman–Crippen LogP) is 0.563. The zero-order valence-electron chi connectivity index (χ0n) is 11.6. The van der Waals surface area contributed by atoms with Crippen LogP contribution < -0.4 is 5.32 Å². The third kappa shape index (κ3) is 3.26. The van der Waals surface area contributed by atoms with Gasteiger partial charge in [0.15, 0.2) is 5.82 Å². The molecule has 0 amide bonds. The van der Waals surface area contributed by atoms with E-state index in [-0.39, 0.29) is 0 Å². The molecule has 1 aliphatic rings. The van der Waals surface area contributed by atoms with E-state index in [1.165, 1.54) is 24.1 Å². The molecule has 2 atom stereocenters. The van der Waals surface area contributed by atoms with E-state index in [9.17, 15) is 0 Å². The molecule has 1 aromatic heterocycles. The van der Waals surface area contributed by atoms with E-state index >= 15 is 0 Å². The van der Waals surface area contributed by atoms with Gasteiger partial charge in [-0.2, -0.15) is 4.80 Å². The molecule has 2 unspecified atom stereocenters. The maximum Gasteiger partial charge on any atom is 0.188 e. The fraction of sp³-hybridized carbons (Fsp3) is 0.917. The number of piperidine rings is 1. The number of nitrogens with one attached hydrogen (secondary N) is 1. The molecule has 0 aliphatic carbocycles. The van der Waals surface area contributed by atoms with E-state index in [0.717, 1.165) is 25.5 Å². The Balaban J connectivity index is 1.99. The van der Waals surface area contributed by atoms with Crippen LogP contribution in [0, 0.1) is 0 Å². The van der Waals surface area contributed by atoms with Gasteiger partial charge in [0.05, 0.1) is 13.6 Å². The largest absolute Gasteiger partial charge is 0.313 e. The summed E-state index contributed by atoms with van der Waals surface area (Å²) in [4.78, 5) is 4.02. The molecule has 1 fully saturated rings. The van der Waals surface area contributed by atoms with Crippen LogP contribution in [0.15, 0.2) is 0 Å². The average Bonchev–Trinajstić information content (AvgIpc) is 2.76. The van der Waals surface area contributed by atoms with E-state index in [1.54, 1.807) is 0 Å². The molecule has 102 valence electrons. The zero-order chi connectivity index (χ0) is 13.0. The van der Waals surface area contributed by atoms with Crippen molar-refractivity contribution >= 4 is 0 Å². The van der Waals surface area contributed by atoms with Crippen molar-refractivity contribution in [3.8, 4) is 0 Å². The van der Waals surface area contributed by atoms with E-state index in [2.05, 4.69) is 39.5 Å². The third-order valence-corrected chi connectivity index (χ3v) is 3.66. The molecule has 0 bridgehead atoms. The first-order chi connectivity index (χ1) is 8.70. The monoisotopic (exact) mass is 252 g/mol. The van der Waals surface area contributed by atoms with Crippen LogP contribution in [0.4, 0.5) is 0 Å². The van der Waals surface area contributed by atoms with E-state index in [4.69, 9.17) is 0 Å². The van der Waals surface area contributed by atoms with Gasteiger partial charge < -0.3 is 5.32 Å². The molecule has 0 aromatic carbocycles. The van der Waals surface area contributed by atoms with E-state index < -0.39 is 0 Å². The average molecular weight is 252 g/mol. The fourth-order valence-electron chi connectivity index (χ4n) is 2.81. The molecule has 6 heteroatoms. The van der Waals surface area contributed by atoms with Crippen LogP contribution in [0.25, 0.3) is 0 Å². The van der Waals surface area contributed by atoms with E-state index in [1.807, 2.05) is 7.05 Å². The Kier molecular flexibility index (Phi) is 4.66. The SMILES string of the molecule is CCNC(C)C1CCCCN1Cc1nnn(C)n1. The molecular formula is C12H24N6. The van der Waals surface area contributed by atoms with E-state index in [0.29, 0.717) is 12.1 Å². The summed E-state index contributed by atoms with van der Waals surface area (Å²) in [5, 5.41) is 15.8. The van der Waals surface area contributed by atoms with Crippen molar-refractivity contribution in [1.29, 1.82) is 0 Å². The second-order valence-corrected chi connectivity index (χ2v) is 5.08. The molecule has 0 radical (unpaired) electrons. The number of tetrazole rings is 1. The Hall–Kier alpha value is -1.01. The molecule has 2 heterocycles. The van der Waals surface area contributed by atoms with Gasteiger partial charge in [-0.3, -0.25) is 4.90 Å². The minimum absolute atomic E-state index is 0.520. The van der Waals surface area contributed by atoms with Gasteiger partial charge in [-0.25, -0.2) is 0 Å². The summed E-state index contributed by atoms with van der Waals surface area (Å²) in [7, 11) is 1.81. The number of rotatable bonds is 5. The normalized spacial score (nSPS) is 23.2. The topological polar surface area (TPSA) is 58.9 Å². The third-order valence-electron chi connectivity index (χ3n) is 3.66. The summed E-state index contributed by atoms with van der Waals surface area (Å²) in [6.07, 6.45) is 3.86. The number of likely N-dealkylation sites (N-methyl/N-ethyl adjacent to an activating group) is 1. The Labute approximate surface area is 109 Å². The van der Waals surface area contributed by atoms with Crippen LogP contribution >= 0.6 is 0 Å². The first kappa shape index (κ1) is 13.4. The van der Waals surface area contributed by atoms with Gasteiger partial charge in [-0.1, -0.05) is 13.3 Å². The standard InChI is InChI=1S/C12H24N6/c1-4-13-10(2)11-7-5-6-8-18(11)9-12-14-16-17(3)15-12/h10-11,13H,4-9H2,1-3H3. The molecule has 1 N–H and O–H groups in total. The quantitative estimate of drug-likeness (QED) is 0.830. The van der Waals surface area contributed by atoms with Gasteiger partial charge in [0.2, 0.25) is 0 Å². The summed E-state index contributed by atoms with van der Waals surface area (Å²) in [6, 6.07) is 1.11. The summed E-state index contributed by atoms with van der Waals surface area (Å²) >= 11 is 0. The number of hydrogen-bond donors (Lipinski definition) is 1. The molecule has 6 nitrogen and oxygen atoms in total. The summed E-state index contributed by atoms with van der Waals surface area (Å²) in [6.45, 7) is 7.41. The van der Waals surface area contributed by atoms with Crippen molar-refractivity contribution in [3.63, 3.8) is 0 Å². The van der Waals surface area contributed by atoms with Crippen molar-refractivity contribution < 1.29 is 0 Å². The lowest BCUT2D eigenvalue weighted by Crippen LogP contribution is -2.50. The maximum atomic E-state index is 4.28. The van der Waals surface area contributed by atoms with Crippen LogP contribution in [0.2, 0.25) is 0 Å². The fourth-order valence-corrected chi connectivity index (χ4v) is 2.81. The summed E-state index contributed by atoms with van der Waals surface area (Å²) in [5.74, 6) is 0.827. The van der Waals surface area contributed by atoms with Gasteiger partial charge in [0.25, 0.3) is 0 Å². The van der Waals surface area contributed by atoms with Crippen LogP contribution in [0.3, 0.4) is 0 Å². The molecule has 0 spiro atoms. The summed E-state index contributed by atoms with van der Waals surface area (Å²) < 4.78 is 0. The van der Waals surface area contributed by atoms with Gasteiger partial charge >= 0.3 is 0 Å². The Morgan fingerprint density at radius 1 is 1.44 bits per heavy atom. The molecule has 2 rings (SSSR count). The van der Waals surface area contributed by atoms with Gasteiger partial charge in [-0.15, -0.1) is 10.2 Å². The van der Waals surface area contributed by atoms with Crippen LogP contribution in [0.1, 0.15) is 38.9 Å². The van der Waals surface area contributed by atoms with Crippen LogP contribution in [-0.4, -0.2) is 50.3 Å². The number of hydrogen-bond acceptors (Lipinski definition) is 5. The molecule has 18 heavy (non-hydrogen) atoms. The van der Waals surface area contributed by atoms with Crippen molar-refractivity contribution in [3.05, 3.63) is 5.82 Å². The number of nitrogens with zero attached hydrogens (tertiary/aromatic N) is 5. The molecular weight excluding hydrogens is 228 g/mol. The Morgan fingerprint density at radius 2 is 2.28 bits per heavy atom. The van der Waals surface area contributed by atoms with Crippen LogP contribution in [-0.2, 0) is 13.6 Å². The predicted molar refractivity (Wildman–Crippen MR) is 70.0 cm³/mol. The molecule has 0 saturated carbocycles. The highest BCUT2D eigenvalue weighted by Gasteiger charge is 2.27. The lowest BCUT2D eigenvalue weighted by molar-refractivity contribution is 0.109. The maximum absolute atomic E-state index is 4.28. The smallest absolute Gasteiger partial charge is 0.188 e. The highest BCUT2D eigenvalue weighted by atomic mass is 15.6. The Bertz CT molecular complexity index is 363.